The molecule has 20 heavy (non-hydrogen) atoms. The number of hydrogen-bond donors (Lipinski definition) is 2. The minimum Gasteiger partial charge on any atom is -0.478 e. The molecule has 4 nitrogen and oxygen atoms in total. The summed E-state index contributed by atoms with van der Waals surface area (Å²) in [7, 11) is 0. The molecule has 0 radical (unpaired) electrons. The van der Waals surface area contributed by atoms with Crippen LogP contribution in [0.1, 0.15) is 35.7 Å². The third-order valence-corrected chi connectivity index (χ3v) is 4.65. The van der Waals surface area contributed by atoms with Gasteiger partial charge in [-0.05, 0) is 43.6 Å². The van der Waals surface area contributed by atoms with E-state index in [1.165, 1.54) is 0 Å². The maximum atomic E-state index is 10.8. The van der Waals surface area contributed by atoms with Gasteiger partial charge in [0.2, 0.25) is 0 Å². The molecule has 1 fully saturated rings. The number of benzene rings is 1. The maximum absolute atomic E-state index is 10.8. The molecule has 0 amide bonds. The molecule has 0 atom stereocenters. The number of hydrogen-bond acceptors (Lipinski definition) is 3. The van der Waals surface area contributed by atoms with Crippen LogP contribution in [0.15, 0.2) is 24.3 Å². The van der Waals surface area contributed by atoms with Gasteiger partial charge in [-0.25, -0.2) is 4.79 Å². The first kappa shape index (κ1) is 14.9. The Balaban J connectivity index is 1.92. The van der Waals surface area contributed by atoms with E-state index in [1.54, 1.807) is 12.1 Å². The van der Waals surface area contributed by atoms with Crippen LogP contribution in [0.25, 0.3) is 0 Å². The topological polar surface area (TPSA) is 66.6 Å². The molecule has 1 aliphatic rings. The normalized spacial score (nSPS) is 18.6. The van der Waals surface area contributed by atoms with Crippen LogP contribution in [0.2, 0.25) is 0 Å². The Labute approximate surface area is 124 Å². The molecule has 1 saturated heterocycles. The second-order valence-electron chi connectivity index (χ2n) is 5.70. The lowest BCUT2D eigenvalue weighted by atomic mass is 9.80. The van der Waals surface area contributed by atoms with Crippen molar-refractivity contribution in [2.75, 3.05) is 13.1 Å². The minimum atomic E-state index is -0.887. The van der Waals surface area contributed by atoms with Crippen molar-refractivity contribution in [2.24, 2.45) is 11.1 Å². The zero-order chi connectivity index (χ0) is 14.8. The van der Waals surface area contributed by atoms with Gasteiger partial charge in [0, 0.05) is 12.0 Å². The summed E-state index contributed by atoms with van der Waals surface area (Å²) in [5.74, 6) is -0.887. The third-order valence-electron chi connectivity index (χ3n) is 4.16. The van der Waals surface area contributed by atoms with Crippen molar-refractivity contribution in [1.82, 2.24) is 4.90 Å². The van der Waals surface area contributed by atoms with Gasteiger partial charge in [-0.2, -0.15) is 0 Å². The lowest BCUT2D eigenvalue weighted by Crippen LogP contribution is -2.44. The van der Waals surface area contributed by atoms with Crippen LogP contribution in [0.4, 0.5) is 0 Å². The number of carbonyl (C=O) groups is 1. The van der Waals surface area contributed by atoms with E-state index in [4.69, 9.17) is 23.1 Å². The fourth-order valence-electron chi connectivity index (χ4n) is 2.46. The molecule has 1 heterocycles. The fourth-order valence-corrected chi connectivity index (χ4v) is 2.67. The van der Waals surface area contributed by atoms with Crippen molar-refractivity contribution < 1.29 is 9.90 Å². The highest BCUT2D eigenvalue weighted by molar-refractivity contribution is 7.80. The molecule has 0 bridgehead atoms. The van der Waals surface area contributed by atoms with Gasteiger partial charge >= 0.3 is 5.97 Å². The zero-order valence-electron chi connectivity index (χ0n) is 11.6. The zero-order valence-corrected chi connectivity index (χ0v) is 12.4. The van der Waals surface area contributed by atoms with Gasteiger partial charge in [0.15, 0.2) is 0 Å². The van der Waals surface area contributed by atoms with E-state index in [9.17, 15) is 4.79 Å². The van der Waals surface area contributed by atoms with Crippen LogP contribution >= 0.6 is 12.2 Å². The number of nitrogens with zero attached hydrogens (tertiary/aromatic N) is 1. The molecule has 0 aromatic heterocycles. The Kier molecular flexibility index (Phi) is 4.40. The van der Waals surface area contributed by atoms with Gasteiger partial charge in [-0.1, -0.05) is 31.3 Å². The molecule has 0 unspecified atom stereocenters. The van der Waals surface area contributed by atoms with Crippen LogP contribution in [0.3, 0.4) is 0 Å². The van der Waals surface area contributed by atoms with Crippen LogP contribution in [0.5, 0.6) is 0 Å². The number of thiocarbonyl (C=S) groups is 1. The molecule has 0 spiro atoms. The maximum Gasteiger partial charge on any atom is 0.335 e. The molecule has 2 rings (SSSR count). The number of carboxylic acids is 1. The monoisotopic (exact) mass is 292 g/mol. The van der Waals surface area contributed by atoms with Gasteiger partial charge in [0.25, 0.3) is 0 Å². The molecule has 108 valence electrons. The summed E-state index contributed by atoms with van der Waals surface area (Å²) in [6.45, 7) is 4.91. The van der Waals surface area contributed by atoms with Crippen molar-refractivity contribution in [3.8, 4) is 0 Å². The van der Waals surface area contributed by atoms with Gasteiger partial charge in [-0.3, -0.25) is 4.90 Å². The number of likely N-dealkylation sites (tertiary alicyclic amines) is 1. The molecule has 0 aliphatic carbocycles. The summed E-state index contributed by atoms with van der Waals surface area (Å²) in [6, 6.07) is 7.07. The number of rotatable bonds is 4. The van der Waals surface area contributed by atoms with E-state index in [2.05, 4.69) is 11.8 Å². The number of carboxylic acid groups (broad SMARTS) is 1. The number of nitrogens with two attached hydrogens (primary N) is 1. The summed E-state index contributed by atoms with van der Waals surface area (Å²) < 4.78 is 0. The van der Waals surface area contributed by atoms with Crippen molar-refractivity contribution in [3.05, 3.63) is 35.4 Å². The summed E-state index contributed by atoms with van der Waals surface area (Å²) in [6.07, 6.45) is 1.96. The summed E-state index contributed by atoms with van der Waals surface area (Å²) >= 11 is 5.14. The molecular weight excluding hydrogens is 272 g/mol. The first-order valence-corrected chi connectivity index (χ1v) is 7.16. The molecule has 1 aliphatic heterocycles. The fraction of sp³-hybridized carbons (Fsp3) is 0.467. The van der Waals surface area contributed by atoms with Crippen molar-refractivity contribution in [1.29, 1.82) is 0 Å². The van der Waals surface area contributed by atoms with Crippen molar-refractivity contribution in [3.63, 3.8) is 0 Å². The average molecular weight is 292 g/mol. The van der Waals surface area contributed by atoms with E-state index >= 15 is 0 Å². The standard InChI is InChI=1S/C15H20N2O2S/c1-15(14(16)20)6-8-17(9-7-15)10-11-2-4-12(5-3-11)13(18)19/h2-5H,6-10H2,1H3,(H2,16,20)(H,18,19). The van der Waals surface area contributed by atoms with E-state index in [-0.39, 0.29) is 5.41 Å². The Morgan fingerprint density at radius 2 is 1.90 bits per heavy atom. The van der Waals surface area contributed by atoms with E-state index in [1.807, 2.05) is 12.1 Å². The van der Waals surface area contributed by atoms with Gasteiger partial charge in [0.05, 0.1) is 10.6 Å². The van der Waals surface area contributed by atoms with Crippen molar-refractivity contribution in [2.45, 2.75) is 26.3 Å². The Morgan fingerprint density at radius 1 is 1.35 bits per heavy atom. The molecule has 5 heteroatoms. The Bertz CT molecular complexity index is 505. The highest BCUT2D eigenvalue weighted by atomic mass is 32.1. The van der Waals surface area contributed by atoms with Crippen LogP contribution in [0, 0.1) is 5.41 Å². The van der Waals surface area contributed by atoms with Gasteiger partial charge < -0.3 is 10.8 Å². The van der Waals surface area contributed by atoms with Crippen molar-refractivity contribution >= 4 is 23.2 Å². The molecule has 3 N–H and O–H groups in total. The Morgan fingerprint density at radius 3 is 2.35 bits per heavy atom. The average Bonchev–Trinajstić information content (AvgIpc) is 2.42. The lowest BCUT2D eigenvalue weighted by molar-refractivity contribution is 0.0697. The van der Waals surface area contributed by atoms with Crippen LogP contribution < -0.4 is 5.73 Å². The first-order chi connectivity index (χ1) is 9.40. The lowest BCUT2D eigenvalue weighted by Gasteiger charge is -2.38. The predicted molar refractivity (Wildman–Crippen MR) is 82.8 cm³/mol. The van der Waals surface area contributed by atoms with E-state index in [0.29, 0.717) is 10.6 Å². The van der Waals surface area contributed by atoms with Gasteiger partial charge in [0.1, 0.15) is 0 Å². The minimum absolute atomic E-state index is 0.0149. The quantitative estimate of drug-likeness (QED) is 0.833. The second-order valence-corrected chi connectivity index (χ2v) is 6.14. The smallest absolute Gasteiger partial charge is 0.335 e. The largest absolute Gasteiger partial charge is 0.478 e. The number of aromatic carboxylic acids is 1. The summed E-state index contributed by atoms with van der Waals surface area (Å²) in [5, 5.41) is 8.87. The third kappa shape index (κ3) is 3.35. The highest BCUT2D eigenvalue weighted by Gasteiger charge is 2.32. The van der Waals surface area contributed by atoms with Crippen LogP contribution in [-0.4, -0.2) is 34.1 Å². The number of piperidine rings is 1. The van der Waals surface area contributed by atoms with E-state index < -0.39 is 5.97 Å². The second kappa shape index (κ2) is 5.89. The molecule has 1 aromatic carbocycles. The van der Waals surface area contributed by atoms with Gasteiger partial charge in [-0.15, -0.1) is 0 Å². The summed E-state index contributed by atoms with van der Waals surface area (Å²) in [4.78, 5) is 13.8. The SMILES string of the molecule is CC1(C(N)=S)CCN(Cc2ccc(C(=O)O)cc2)CC1. The molecule has 1 aromatic rings. The molecule has 0 saturated carbocycles. The van der Waals surface area contributed by atoms with E-state index in [0.717, 1.165) is 38.0 Å². The Hall–Kier alpha value is -1.46. The first-order valence-electron chi connectivity index (χ1n) is 6.75. The predicted octanol–water partition coefficient (Wildman–Crippen LogP) is 2.27. The summed E-state index contributed by atoms with van der Waals surface area (Å²) in [5.41, 5.74) is 7.25. The van der Waals surface area contributed by atoms with Crippen LogP contribution in [-0.2, 0) is 6.54 Å². The molecular formula is C15H20N2O2S. The highest BCUT2D eigenvalue weighted by Crippen LogP contribution is 2.31.